The molecule has 4 amide bonds. The number of nitrogens with zero attached hydrogens (tertiary/aromatic N) is 2. The Bertz CT molecular complexity index is 596. The lowest BCUT2D eigenvalue weighted by Gasteiger charge is -2.44. The first-order valence-corrected chi connectivity index (χ1v) is 6.54. The van der Waals surface area contributed by atoms with Crippen LogP contribution in [0.2, 0.25) is 0 Å². The molecule has 2 aliphatic rings. The lowest BCUT2D eigenvalue weighted by Crippen LogP contribution is -2.65. The van der Waals surface area contributed by atoms with Crippen LogP contribution in [0.3, 0.4) is 0 Å². The molecule has 0 aromatic carbocycles. The molecule has 0 bridgehead atoms. The second-order valence-electron chi connectivity index (χ2n) is 5.34. The fourth-order valence-corrected chi connectivity index (χ4v) is 2.59. The maximum absolute atomic E-state index is 12.4. The molecule has 0 radical (unpaired) electrons. The number of amides is 4. The van der Waals surface area contributed by atoms with Crippen LogP contribution in [-0.2, 0) is 16.1 Å². The Morgan fingerprint density at radius 3 is 2.50 bits per heavy atom. The first-order valence-electron chi connectivity index (χ1n) is 6.54. The summed E-state index contributed by atoms with van der Waals surface area (Å²) >= 11 is 0. The molecule has 1 saturated heterocycles. The van der Waals surface area contributed by atoms with Crippen LogP contribution in [0.5, 0.6) is 0 Å². The Balaban J connectivity index is 1.86. The van der Waals surface area contributed by atoms with Gasteiger partial charge in [0.2, 0.25) is 17.7 Å². The first-order chi connectivity index (χ1) is 9.44. The van der Waals surface area contributed by atoms with Crippen LogP contribution in [0.4, 0.5) is 4.79 Å². The van der Waals surface area contributed by atoms with Gasteiger partial charge in [-0.15, -0.1) is 0 Å². The summed E-state index contributed by atoms with van der Waals surface area (Å²) in [6.45, 7) is 3.51. The van der Waals surface area contributed by atoms with Crippen LogP contribution in [0, 0.1) is 19.3 Å². The molecule has 1 aromatic heterocycles. The third-order valence-electron chi connectivity index (χ3n) is 4.13. The number of barbiturate groups is 1. The summed E-state index contributed by atoms with van der Waals surface area (Å²) in [6.07, 6.45) is 1.80. The van der Waals surface area contributed by atoms with Crippen LogP contribution in [0.1, 0.15) is 36.6 Å². The number of hydrogen-bond acceptors (Lipinski definition) is 5. The normalized spacial score (nSPS) is 21.1. The number of oxazole rings is 1. The van der Waals surface area contributed by atoms with Crippen molar-refractivity contribution in [1.82, 2.24) is 15.2 Å². The molecule has 1 saturated carbocycles. The molecule has 2 heterocycles. The van der Waals surface area contributed by atoms with Crippen LogP contribution in [-0.4, -0.2) is 27.7 Å². The van der Waals surface area contributed by atoms with Crippen molar-refractivity contribution >= 4 is 17.8 Å². The third-order valence-corrected chi connectivity index (χ3v) is 4.13. The van der Waals surface area contributed by atoms with E-state index in [1.54, 1.807) is 13.8 Å². The Morgan fingerprint density at radius 1 is 1.30 bits per heavy atom. The van der Waals surface area contributed by atoms with Gasteiger partial charge in [0.05, 0.1) is 5.69 Å². The summed E-state index contributed by atoms with van der Waals surface area (Å²) in [5.74, 6) is 0.0346. The number of carbonyl (C=O) groups excluding carboxylic acids is 3. The smallest absolute Gasteiger partial charge is 0.331 e. The van der Waals surface area contributed by atoms with Gasteiger partial charge < -0.3 is 4.42 Å². The minimum atomic E-state index is -1.05. The molecular weight excluding hydrogens is 262 g/mol. The number of aromatic nitrogens is 1. The number of rotatable bonds is 2. The topological polar surface area (TPSA) is 92.5 Å². The van der Waals surface area contributed by atoms with Crippen molar-refractivity contribution in [3.8, 4) is 0 Å². The highest BCUT2D eigenvalue weighted by atomic mass is 16.4. The Kier molecular flexibility index (Phi) is 2.67. The molecule has 2 fully saturated rings. The van der Waals surface area contributed by atoms with Gasteiger partial charge in [0.15, 0.2) is 0 Å². The van der Waals surface area contributed by atoms with Gasteiger partial charge in [-0.25, -0.2) is 9.78 Å². The molecule has 7 heteroatoms. The van der Waals surface area contributed by atoms with Gasteiger partial charge in [-0.05, 0) is 26.7 Å². The average Bonchev–Trinajstić information content (AvgIpc) is 2.62. The molecule has 0 unspecified atom stereocenters. The Morgan fingerprint density at radius 2 is 2.00 bits per heavy atom. The van der Waals surface area contributed by atoms with Crippen molar-refractivity contribution in [2.45, 2.75) is 39.7 Å². The average molecular weight is 277 g/mol. The highest BCUT2D eigenvalue weighted by Gasteiger charge is 2.57. The summed E-state index contributed by atoms with van der Waals surface area (Å²) in [4.78, 5) is 41.3. The summed E-state index contributed by atoms with van der Waals surface area (Å²) in [5.41, 5.74) is -0.329. The van der Waals surface area contributed by atoms with Gasteiger partial charge in [0.25, 0.3) is 0 Å². The van der Waals surface area contributed by atoms with Gasteiger partial charge >= 0.3 is 6.03 Å². The Hall–Kier alpha value is -2.18. The molecule has 1 aliphatic heterocycles. The largest absolute Gasteiger partial charge is 0.444 e. The van der Waals surface area contributed by atoms with Crippen molar-refractivity contribution in [2.24, 2.45) is 5.41 Å². The minimum Gasteiger partial charge on any atom is -0.444 e. The van der Waals surface area contributed by atoms with Crippen LogP contribution in [0.25, 0.3) is 0 Å². The minimum absolute atomic E-state index is 0.0472. The van der Waals surface area contributed by atoms with E-state index in [1.807, 2.05) is 0 Å². The lowest BCUT2D eigenvalue weighted by molar-refractivity contribution is -0.158. The number of hydrogen-bond donors (Lipinski definition) is 1. The van der Waals surface area contributed by atoms with E-state index < -0.39 is 23.3 Å². The predicted molar refractivity (Wildman–Crippen MR) is 66.3 cm³/mol. The maximum Gasteiger partial charge on any atom is 0.331 e. The summed E-state index contributed by atoms with van der Waals surface area (Å²) < 4.78 is 5.39. The van der Waals surface area contributed by atoms with Gasteiger partial charge in [0, 0.05) is 0 Å². The number of urea groups is 1. The zero-order valence-electron chi connectivity index (χ0n) is 11.4. The molecule has 1 aromatic rings. The van der Waals surface area contributed by atoms with E-state index >= 15 is 0 Å². The zero-order chi connectivity index (χ0) is 14.5. The molecule has 20 heavy (non-hydrogen) atoms. The summed E-state index contributed by atoms with van der Waals surface area (Å²) in [7, 11) is 0. The van der Waals surface area contributed by atoms with Crippen molar-refractivity contribution in [1.29, 1.82) is 0 Å². The second-order valence-corrected chi connectivity index (χ2v) is 5.34. The van der Waals surface area contributed by atoms with Gasteiger partial charge in [-0.3, -0.25) is 19.8 Å². The van der Waals surface area contributed by atoms with E-state index in [-0.39, 0.29) is 6.54 Å². The van der Waals surface area contributed by atoms with Crippen LogP contribution in [0.15, 0.2) is 4.42 Å². The SMILES string of the molecule is Cc1nc(CN2C(=O)NC(=O)C3(CCC3)C2=O)oc1C. The van der Waals surface area contributed by atoms with E-state index in [2.05, 4.69) is 10.3 Å². The van der Waals surface area contributed by atoms with E-state index in [4.69, 9.17) is 4.42 Å². The number of nitrogens with one attached hydrogen (secondary N) is 1. The third kappa shape index (κ3) is 1.65. The van der Waals surface area contributed by atoms with Crippen molar-refractivity contribution < 1.29 is 18.8 Å². The molecule has 0 atom stereocenters. The standard InChI is InChI=1S/C13H15N3O4/c1-7-8(2)20-9(14-7)6-16-11(18)13(4-3-5-13)10(17)15-12(16)19/h3-6H2,1-2H3,(H,15,17,19). The summed E-state index contributed by atoms with van der Waals surface area (Å²) in [6, 6.07) is -0.703. The predicted octanol–water partition coefficient (Wildman–Crippen LogP) is 1.04. The van der Waals surface area contributed by atoms with E-state index in [1.165, 1.54) is 0 Å². The maximum atomic E-state index is 12.4. The van der Waals surface area contributed by atoms with Gasteiger partial charge in [0.1, 0.15) is 17.7 Å². The van der Waals surface area contributed by atoms with Gasteiger partial charge in [-0.1, -0.05) is 6.42 Å². The summed E-state index contributed by atoms with van der Waals surface area (Å²) in [5, 5.41) is 2.25. The number of imide groups is 2. The Labute approximate surface area is 115 Å². The highest BCUT2D eigenvalue weighted by Crippen LogP contribution is 2.44. The molecular formula is C13H15N3O4. The van der Waals surface area contributed by atoms with Crippen molar-refractivity contribution in [3.05, 3.63) is 17.3 Å². The van der Waals surface area contributed by atoms with Crippen molar-refractivity contribution in [2.75, 3.05) is 0 Å². The molecule has 7 nitrogen and oxygen atoms in total. The van der Waals surface area contributed by atoms with Crippen molar-refractivity contribution in [3.63, 3.8) is 0 Å². The first kappa shape index (κ1) is 12.8. The molecule has 3 rings (SSSR count). The molecule has 1 spiro atoms. The van der Waals surface area contributed by atoms with Crippen LogP contribution < -0.4 is 5.32 Å². The molecule has 1 aliphatic carbocycles. The van der Waals surface area contributed by atoms with E-state index in [0.717, 1.165) is 17.0 Å². The quantitative estimate of drug-likeness (QED) is 0.815. The highest BCUT2D eigenvalue weighted by molar-refractivity contribution is 6.19. The van der Waals surface area contributed by atoms with E-state index in [9.17, 15) is 14.4 Å². The molecule has 106 valence electrons. The van der Waals surface area contributed by atoms with Gasteiger partial charge in [-0.2, -0.15) is 0 Å². The second kappa shape index (κ2) is 4.16. The van der Waals surface area contributed by atoms with E-state index in [0.29, 0.717) is 24.5 Å². The monoisotopic (exact) mass is 277 g/mol. The number of aryl methyl sites for hydroxylation is 2. The lowest BCUT2D eigenvalue weighted by atomic mass is 9.66. The molecule has 1 N–H and O–H groups in total. The number of carbonyl (C=O) groups is 3. The fourth-order valence-electron chi connectivity index (χ4n) is 2.59. The van der Waals surface area contributed by atoms with Crippen LogP contribution >= 0.6 is 0 Å². The fraction of sp³-hybridized carbons (Fsp3) is 0.538. The zero-order valence-corrected chi connectivity index (χ0v) is 11.4.